The van der Waals surface area contributed by atoms with Gasteiger partial charge in [-0.2, -0.15) is 14.4 Å². The predicted molar refractivity (Wildman–Crippen MR) is 230 cm³/mol. The highest BCUT2D eigenvalue weighted by atomic mass is 19.1. The molecule has 10 nitrogen and oxygen atoms in total. The van der Waals surface area contributed by atoms with Gasteiger partial charge in [-0.3, -0.25) is 9.97 Å². The van der Waals surface area contributed by atoms with Gasteiger partial charge in [0.25, 0.3) is 0 Å². The van der Waals surface area contributed by atoms with Crippen molar-refractivity contribution in [3.05, 3.63) is 162 Å². The smallest absolute Gasteiger partial charge is 0.310 e. The van der Waals surface area contributed by atoms with E-state index >= 15 is 0 Å². The summed E-state index contributed by atoms with van der Waals surface area (Å²) in [6.45, 7) is 5.89. The zero-order valence-electron chi connectivity index (χ0n) is 32.8. The minimum Gasteiger partial charge on any atom is -0.351 e. The number of hydrogen-bond acceptors (Lipinski definition) is 10. The SMILES string of the molecule is C[C@@H](Cc1cccc([C@@H](C)N)c1)Nc1nccc(N2CCCc3cnc(-c4ccccc4)cc32)n1.Fc1nccc(N2CCCc3cnc(-c4ccccc4)cc32)n1. The van der Waals surface area contributed by atoms with Crippen molar-refractivity contribution in [2.45, 2.75) is 58.0 Å². The van der Waals surface area contributed by atoms with Crippen LogP contribution in [0.25, 0.3) is 22.5 Å². The zero-order chi connectivity index (χ0) is 39.8. The third-order valence-corrected chi connectivity index (χ3v) is 10.5. The normalized spacial score (nSPS) is 14.3. The number of hydrogen-bond donors (Lipinski definition) is 2. The molecule has 7 aromatic rings. The van der Waals surface area contributed by atoms with Crippen molar-refractivity contribution in [2.75, 3.05) is 28.2 Å². The molecule has 0 amide bonds. The Kier molecular flexibility index (Phi) is 11.7. The number of nitrogens with zero attached hydrogens (tertiary/aromatic N) is 8. The van der Waals surface area contributed by atoms with E-state index in [-0.39, 0.29) is 12.1 Å². The molecule has 6 heterocycles. The van der Waals surface area contributed by atoms with Gasteiger partial charge in [-0.1, -0.05) is 84.9 Å². The first-order chi connectivity index (χ1) is 28.4. The topological polar surface area (TPSA) is 122 Å². The maximum Gasteiger partial charge on any atom is 0.310 e. The van der Waals surface area contributed by atoms with Crippen molar-refractivity contribution in [1.82, 2.24) is 29.9 Å². The van der Waals surface area contributed by atoms with Gasteiger partial charge in [-0.25, -0.2) is 9.97 Å². The first kappa shape index (κ1) is 38.3. The maximum atomic E-state index is 13.4. The fourth-order valence-corrected chi connectivity index (χ4v) is 7.61. The summed E-state index contributed by atoms with van der Waals surface area (Å²) in [7, 11) is 0. The lowest BCUT2D eigenvalue weighted by Crippen LogP contribution is -2.26. The van der Waals surface area contributed by atoms with Crippen molar-refractivity contribution in [2.24, 2.45) is 5.73 Å². The third kappa shape index (κ3) is 9.00. The zero-order valence-corrected chi connectivity index (χ0v) is 32.8. The Balaban J connectivity index is 0.000000176. The molecule has 3 N–H and O–H groups in total. The number of aryl methyl sites for hydroxylation is 2. The minimum absolute atomic E-state index is 0.0308. The van der Waals surface area contributed by atoms with Crippen LogP contribution in [0.2, 0.25) is 0 Å². The number of aromatic nitrogens is 6. The molecule has 9 rings (SSSR count). The van der Waals surface area contributed by atoms with E-state index in [0.717, 1.165) is 90.3 Å². The quantitative estimate of drug-likeness (QED) is 0.137. The van der Waals surface area contributed by atoms with Gasteiger partial charge in [0, 0.05) is 72.5 Å². The van der Waals surface area contributed by atoms with E-state index in [1.165, 1.54) is 23.0 Å². The van der Waals surface area contributed by atoms with Crippen LogP contribution < -0.4 is 20.9 Å². The third-order valence-electron chi connectivity index (χ3n) is 10.5. The molecular formula is C47H47FN10. The Hall–Kier alpha value is -6.59. The number of halogens is 1. The summed E-state index contributed by atoms with van der Waals surface area (Å²) in [5, 5.41) is 3.49. The largest absolute Gasteiger partial charge is 0.351 e. The van der Waals surface area contributed by atoms with Gasteiger partial charge in [0.2, 0.25) is 5.95 Å². The monoisotopic (exact) mass is 770 g/mol. The lowest BCUT2D eigenvalue weighted by Gasteiger charge is -2.30. The van der Waals surface area contributed by atoms with Crippen LogP contribution in [0.4, 0.5) is 33.3 Å². The Bertz CT molecular complexity index is 2460. The second-order valence-corrected chi connectivity index (χ2v) is 14.8. The van der Waals surface area contributed by atoms with Gasteiger partial charge in [0.15, 0.2) is 0 Å². The number of nitrogens with one attached hydrogen (secondary N) is 1. The standard InChI is InChI=1S/C29H32N6.C18H15FN4/c1-20(16-22-8-6-11-24(17-22)21(2)30)33-29-31-14-13-28(34-29)35-15-7-12-25-19-32-26(18-27(25)35)23-9-4-3-5-10-23;19-18-20-9-8-17(22-18)23-10-4-7-14-12-21-15(11-16(14)23)13-5-2-1-3-6-13/h3-6,8-11,13-14,17-21H,7,12,15-16,30H2,1-2H3,(H,31,33,34);1-3,5-6,8-9,11-12H,4,7,10H2/t20-,21+;/m0./s1. The second kappa shape index (κ2) is 17.7. The van der Waals surface area contributed by atoms with E-state index in [4.69, 9.17) is 15.7 Å². The lowest BCUT2D eigenvalue weighted by atomic mass is 10.0. The molecule has 58 heavy (non-hydrogen) atoms. The number of rotatable bonds is 9. The van der Waals surface area contributed by atoms with Crippen LogP contribution in [-0.4, -0.2) is 49.0 Å². The number of anilines is 5. The highest BCUT2D eigenvalue weighted by molar-refractivity contribution is 5.73. The van der Waals surface area contributed by atoms with Crippen molar-refractivity contribution >= 4 is 29.0 Å². The second-order valence-electron chi connectivity index (χ2n) is 14.8. The molecule has 3 aromatic carbocycles. The molecule has 2 atom stereocenters. The van der Waals surface area contributed by atoms with Gasteiger partial charge in [0.1, 0.15) is 11.6 Å². The van der Waals surface area contributed by atoms with E-state index in [1.807, 2.05) is 85.0 Å². The number of pyridine rings is 2. The van der Waals surface area contributed by atoms with Gasteiger partial charge in [0.05, 0.1) is 11.4 Å². The number of benzene rings is 3. The van der Waals surface area contributed by atoms with E-state index in [2.05, 4.69) is 85.6 Å². The molecule has 2 aliphatic rings. The van der Waals surface area contributed by atoms with Crippen LogP contribution >= 0.6 is 0 Å². The van der Waals surface area contributed by atoms with Crippen LogP contribution in [0, 0.1) is 6.08 Å². The minimum atomic E-state index is -0.702. The highest BCUT2D eigenvalue weighted by Crippen LogP contribution is 2.36. The van der Waals surface area contributed by atoms with Crippen LogP contribution in [0.1, 0.15) is 55.0 Å². The Morgan fingerprint density at radius 1 is 0.655 bits per heavy atom. The molecule has 0 spiro atoms. The molecule has 4 aromatic heterocycles. The molecule has 292 valence electrons. The van der Waals surface area contributed by atoms with Crippen molar-refractivity contribution in [1.29, 1.82) is 0 Å². The van der Waals surface area contributed by atoms with Crippen molar-refractivity contribution in [3.63, 3.8) is 0 Å². The Labute approximate surface area is 339 Å². The van der Waals surface area contributed by atoms with Gasteiger partial charge in [-0.05, 0) is 92.5 Å². The van der Waals surface area contributed by atoms with Gasteiger partial charge >= 0.3 is 6.08 Å². The van der Waals surface area contributed by atoms with Gasteiger partial charge < -0.3 is 20.9 Å². The molecule has 0 saturated heterocycles. The van der Waals surface area contributed by atoms with Crippen LogP contribution in [0.5, 0.6) is 0 Å². The van der Waals surface area contributed by atoms with Crippen LogP contribution in [0.15, 0.2) is 134 Å². The van der Waals surface area contributed by atoms with Crippen molar-refractivity contribution < 1.29 is 4.39 Å². The molecule has 0 saturated carbocycles. The van der Waals surface area contributed by atoms with Crippen LogP contribution in [0.3, 0.4) is 0 Å². The fraction of sp³-hybridized carbons (Fsp3) is 0.234. The summed E-state index contributed by atoms with van der Waals surface area (Å²) in [6, 6.07) is 37.0. The summed E-state index contributed by atoms with van der Waals surface area (Å²) < 4.78 is 13.4. The molecule has 0 fully saturated rings. The molecule has 2 aliphatic heterocycles. The Morgan fingerprint density at radius 3 is 1.79 bits per heavy atom. The molecule has 0 aliphatic carbocycles. The number of fused-ring (bicyclic) bond motifs is 2. The summed E-state index contributed by atoms with van der Waals surface area (Å²) in [5.41, 5.74) is 17.2. The molecule has 0 unspecified atom stereocenters. The average molecular weight is 771 g/mol. The summed E-state index contributed by atoms with van der Waals surface area (Å²) in [4.78, 5) is 30.5. The van der Waals surface area contributed by atoms with Crippen molar-refractivity contribution in [3.8, 4) is 22.5 Å². The average Bonchev–Trinajstić information content (AvgIpc) is 3.26. The predicted octanol–water partition coefficient (Wildman–Crippen LogP) is 9.45. The molecule has 0 bridgehead atoms. The van der Waals surface area contributed by atoms with E-state index < -0.39 is 6.08 Å². The summed E-state index contributed by atoms with van der Waals surface area (Å²) in [6.07, 6.45) is 11.4. The first-order valence-corrected chi connectivity index (χ1v) is 19.9. The Morgan fingerprint density at radius 2 is 1.22 bits per heavy atom. The molecular weight excluding hydrogens is 724 g/mol. The number of nitrogens with two attached hydrogens (primary N) is 1. The first-order valence-electron chi connectivity index (χ1n) is 19.9. The van der Waals surface area contributed by atoms with Gasteiger partial charge in [-0.15, -0.1) is 0 Å². The molecule has 11 heteroatoms. The lowest BCUT2D eigenvalue weighted by molar-refractivity contribution is 0.537. The van der Waals surface area contributed by atoms with Crippen LogP contribution in [-0.2, 0) is 19.3 Å². The highest BCUT2D eigenvalue weighted by Gasteiger charge is 2.23. The summed E-state index contributed by atoms with van der Waals surface area (Å²) >= 11 is 0. The van der Waals surface area contributed by atoms with E-state index in [1.54, 1.807) is 6.07 Å². The maximum absolute atomic E-state index is 13.4. The van der Waals surface area contributed by atoms with E-state index in [9.17, 15) is 4.39 Å². The summed E-state index contributed by atoms with van der Waals surface area (Å²) in [5.74, 6) is 2.13. The van der Waals surface area contributed by atoms with E-state index in [0.29, 0.717) is 11.8 Å². The molecule has 0 radical (unpaired) electrons. The fourth-order valence-electron chi connectivity index (χ4n) is 7.61.